The SMILES string of the molecule is COC(=O)C(N)Cc1ccc(Oc2ccc(C=C3SC(=O)NC3=O)cc2)cc1[N+](=O)[O-]. The molecular weight excluding hydrogens is 426 g/mol. The summed E-state index contributed by atoms with van der Waals surface area (Å²) in [6.07, 6.45) is 1.51. The lowest BCUT2D eigenvalue weighted by Gasteiger charge is -2.11. The summed E-state index contributed by atoms with van der Waals surface area (Å²) in [5.74, 6) is -0.475. The zero-order valence-electron chi connectivity index (χ0n) is 16.2. The van der Waals surface area contributed by atoms with Gasteiger partial charge in [0.1, 0.15) is 17.5 Å². The molecule has 0 aromatic heterocycles. The first kappa shape index (κ1) is 22.0. The maximum atomic E-state index is 11.6. The van der Waals surface area contributed by atoms with Crippen molar-refractivity contribution in [2.75, 3.05) is 7.11 Å². The van der Waals surface area contributed by atoms with E-state index in [1.165, 1.54) is 25.3 Å². The first-order valence-corrected chi connectivity index (χ1v) is 9.72. The van der Waals surface area contributed by atoms with E-state index in [1.807, 2.05) is 0 Å². The van der Waals surface area contributed by atoms with E-state index in [0.29, 0.717) is 11.3 Å². The van der Waals surface area contributed by atoms with Crippen molar-refractivity contribution in [3.05, 3.63) is 68.6 Å². The van der Waals surface area contributed by atoms with Crippen molar-refractivity contribution >= 4 is 40.6 Å². The summed E-state index contributed by atoms with van der Waals surface area (Å²) in [6.45, 7) is 0. The molecule has 0 radical (unpaired) electrons. The molecule has 0 bridgehead atoms. The molecule has 1 aliphatic rings. The summed E-state index contributed by atoms with van der Waals surface area (Å²) in [5, 5.41) is 13.2. The van der Waals surface area contributed by atoms with Crippen LogP contribution in [0.15, 0.2) is 47.4 Å². The Labute approximate surface area is 180 Å². The van der Waals surface area contributed by atoms with Gasteiger partial charge in [0.15, 0.2) is 0 Å². The van der Waals surface area contributed by atoms with Gasteiger partial charge in [-0.05, 0) is 47.7 Å². The monoisotopic (exact) mass is 443 g/mol. The molecule has 1 atom stereocenters. The van der Waals surface area contributed by atoms with Crippen LogP contribution < -0.4 is 15.8 Å². The number of thioether (sulfide) groups is 1. The van der Waals surface area contributed by atoms with Crippen LogP contribution in [-0.2, 0) is 20.7 Å². The van der Waals surface area contributed by atoms with E-state index < -0.39 is 28.1 Å². The van der Waals surface area contributed by atoms with Gasteiger partial charge >= 0.3 is 5.97 Å². The van der Waals surface area contributed by atoms with Crippen LogP contribution >= 0.6 is 11.8 Å². The summed E-state index contributed by atoms with van der Waals surface area (Å²) < 4.78 is 10.2. The quantitative estimate of drug-likeness (QED) is 0.285. The number of nitro benzene ring substituents is 1. The van der Waals surface area contributed by atoms with E-state index in [2.05, 4.69) is 10.1 Å². The second-order valence-electron chi connectivity index (χ2n) is 6.40. The zero-order chi connectivity index (χ0) is 22.5. The lowest BCUT2D eigenvalue weighted by molar-refractivity contribution is -0.385. The van der Waals surface area contributed by atoms with Crippen molar-refractivity contribution in [1.82, 2.24) is 5.32 Å². The van der Waals surface area contributed by atoms with E-state index >= 15 is 0 Å². The number of amides is 2. The number of nitrogens with one attached hydrogen (secondary N) is 1. The van der Waals surface area contributed by atoms with Crippen molar-refractivity contribution in [2.45, 2.75) is 12.5 Å². The van der Waals surface area contributed by atoms with Crippen LogP contribution in [0.25, 0.3) is 6.08 Å². The Morgan fingerprint density at radius 3 is 2.48 bits per heavy atom. The Balaban J connectivity index is 1.75. The second kappa shape index (κ2) is 9.41. The standard InChI is InChI=1S/C20H17N3O7S/c1-29-19(25)15(21)9-12-4-7-14(10-16(12)23(27)28)30-13-5-2-11(3-6-13)8-17-18(24)22-20(26)31-17/h2-8,10,15H,9,21H2,1H3,(H,22,24,26). The summed E-state index contributed by atoms with van der Waals surface area (Å²) in [7, 11) is 1.19. The highest BCUT2D eigenvalue weighted by Crippen LogP contribution is 2.30. The number of methoxy groups -OCH3 is 1. The van der Waals surface area contributed by atoms with Gasteiger partial charge in [0, 0.05) is 12.0 Å². The number of nitrogens with zero attached hydrogens (tertiary/aromatic N) is 1. The number of hydrogen-bond acceptors (Lipinski definition) is 9. The average molecular weight is 443 g/mol. The van der Waals surface area contributed by atoms with Crippen LogP contribution in [-0.4, -0.2) is 35.2 Å². The van der Waals surface area contributed by atoms with Crippen molar-refractivity contribution < 1.29 is 28.8 Å². The van der Waals surface area contributed by atoms with Crippen LogP contribution in [0.5, 0.6) is 11.5 Å². The maximum Gasteiger partial charge on any atom is 0.322 e. The van der Waals surface area contributed by atoms with Crippen LogP contribution in [0.1, 0.15) is 11.1 Å². The molecule has 3 N–H and O–H groups in total. The predicted molar refractivity (Wildman–Crippen MR) is 112 cm³/mol. The molecule has 10 nitrogen and oxygen atoms in total. The number of imide groups is 1. The molecule has 160 valence electrons. The number of benzene rings is 2. The van der Waals surface area contributed by atoms with Gasteiger partial charge in [0.2, 0.25) is 0 Å². The Morgan fingerprint density at radius 2 is 1.90 bits per heavy atom. The topological polar surface area (TPSA) is 151 Å². The molecule has 2 aromatic carbocycles. The number of hydrogen-bond donors (Lipinski definition) is 2. The largest absolute Gasteiger partial charge is 0.468 e. The molecule has 31 heavy (non-hydrogen) atoms. The highest BCUT2D eigenvalue weighted by atomic mass is 32.2. The molecule has 1 fully saturated rings. The van der Waals surface area contributed by atoms with Crippen molar-refractivity contribution in [2.24, 2.45) is 5.73 Å². The maximum absolute atomic E-state index is 11.6. The van der Waals surface area contributed by atoms with Crippen LogP contribution in [0, 0.1) is 10.1 Å². The Morgan fingerprint density at radius 1 is 1.23 bits per heavy atom. The average Bonchev–Trinajstić information content (AvgIpc) is 3.06. The van der Waals surface area contributed by atoms with Gasteiger partial charge in [-0.3, -0.25) is 29.8 Å². The van der Waals surface area contributed by atoms with Gasteiger partial charge in [-0.1, -0.05) is 12.1 Å². The Bertz CT molecular complexity index is 1080. The number of carbonyl (C=O) groups is 3. The van der Waals surface area contributed by atoms with E-state index in [0.717, 1.165) is 11.8 Å². The number of carbonyl (C=O) groups excluding carboxylic acids is 3. The molecular formula is C20H17N3O7S. The second-order valence-corrected chi connectivity index (χ2v) is 7.42. The lowest BCUT2D eigenvalue weighted by atomic mass is 10.0. The molecule has 1 aliphatic heterocycles. The van der Waals surface area contributed by atoms with Crippen molar-refractivity contribution in [3.63, 3.8) is 0 Å². The van der Waals surface area contributed by atoms with Gasteiger partial charge in [0.05, 0.1) is 23.0 Å². The molecule has 2 aromatic rings. The van der Waals surface area contributed by atoms with Gasteiger partial charge in [-0.25, -0.2) is 0 Å². The van der Waals surface area contributed by atoms with Crippen molar-refractivity contribution in [1.29, 1.82) is 0 Å². The number of rotatable bonds is 7. The molecule has 0 spiro atoms. The third-order valence-corrected chi connectivity index (χ3v) is 5.06. The number of esters is 1. The molecule has 1 saturated heterocycles. The van der Waals surface area contributed by atoms with E-state index in [4.69, 9.17) is 10.5 Å². The zero-order valence-corrected chi connectivity index (χ0v) is 17.0. The molecule has 3 rings (SSSR count). The summed E-state index contributed by atoms with van der Waals surface area (Å²) >= 11 is 0.817. The molecule has 0 saturated carbocycles. The van der Waals surface area contributed by atoms with Gasteiger partial charge in [-0.15, -0.1) is 0 Å². The normalized spacial score (nSPS) is 15.5. The predicted octanol–water partition coefficient (Wildman–Crippen LogP) is 2.75. The van der Waals surface area contributed by atoms with Gasteiger partial charge < -0.3 is 15.2 Å². The van der Waals surface area contributed by atoms with Crippen LogP contribution in [0.2, 0.25) is 0 Å². The van der Waals surface area contributed by atoms with Crippen LogP contribution in [0.4, 0.5) is 10.5 Å². The first-order chi connectivity index (χ1) is 14.8. The minimum atomic E-state index is -1.02. The number of nitro groups is 1. The fourth-order valence-electron chi connectivity index (χ4n) is 2.76. The summed E-state index contributed by atoms with van der Waals surface area (Å²) in [4.78, 5) is 45.4. The van der Waals surface area contributed by atoms with E-state index in [-0.39, 0.29) is 28.3 Å². The van der Waals surface area contributed by atoms with E-state index in [1.54, 1.807) is 30.3 Å². The Kier molecular flexibility index (Phi) is 6.68. The first-order valence-electron chi connectivity index (χ1n) is 8.90. The lowest BCUT2D eigenvalue weighted by Crippen LogP contribution is -2.33. The van der Waals surface area contributed by atoms with Gasteiger partial charge in [-0.2, -0.15) is 0 Å². The smallest absolute Gasteiger partial charge is 0.322 e. The third-order valence-electron chi connectivity index (χ3n) is 4.25. The molecule has 1 heterocycles. The van der Waals surface area contributed by atoms with Gasteiger partial charge in [0.25, 0.3) is 16.8 Å². The Hall–Kier alpha value is -3.70. The third kappa shape index (κ3) is 5.47. The molecule has 0 aliphatic carbocycles. The molecule has 11 heteroatoms. The highest BCUT2D eigenvalue weighted by molar-refractivity contribution is 8.18. The summed E-state index contributed by atoms with van der Waals surface area (Å²) in [6, 6.07) is 9.84. The highest BCUT2D eigenvalue weighted by Gasteiger charge is 2.25. The fourth-order valence-corrected chi connectivity index (χ4v) is 3.44. The minimum absolute atomic E-state index is 0.0548. The van der Waals surface area contributed by atoms with Crippen molar-refractivity contribution in [3.8, 4) is 11.5 Å². The van der Waals surface area contributed by atoms with Crippen LogP contribution in [0.3, 0.4) is 0 Å². The number of ether oxygens (including phenoxy) is 2. The number of nitrogens with two attached hydrogens (primary N) is 1. The molecule has 1 unspecified atom stereocenters. The summed E-state index contributed by atoms with van der Waals surface area (Å²) in [5.41, 5.74) is 6.43. The molecule has 2 amide bonds. The minimum Gasteiger partial charge on any atom is -0.468 e. The fraction of sp³-hybridized carbons (Fsp3) is 0.150. The van der Waals surface area contributed by atoms with E-state index in [9.17, 15) is 24.5 Å².